The van der Waals surface area contributed by atoms with Crippen molar-refractivity contribution in [1.82, 2.24) is 15.0 Å². The zero-order chi connectivity index (χ0) is 14.1. The fourth-order valence-corrected chi connectivity index (χ4v) is 2.55. The lowest BCUT2D eigenvalue weighted by atomic mass is 10.0. The average molecular weight is 272 g/mol. The van der Waals surface area contributed by atoms with Crippen molar-refractivity contribution in [3.63, 3.8) is 0 Å². The van der Waals surface area contributed by atoms with E-state index in [0.29, 0.717) is 5.82 Å². The first-order chi connectivity index (χ1) is 9.70. The highest BCUT2D eigenvalue weighted by Crippen LogP contribution is 2.30. The van der Waals surface area contributed by atoms with Crippen LogP contribution in [0.3, 0.4) is 0 Å². The molecule has 0 bridgehead atoms. The Kier molecular flexibility index (Phi) is 3.14. The van der Waals surface area contributed by atoms with Crippen LogP contribution in [-0.2, 0) is 4.74 Å². The average Bonchev–Trinajstić information content (AvgIpc) is 2.90. The first-order valence-corrected chi connectivity index (χ1v) is 6.54. The van der Waals surface area contributed by atoms with Crippen molar-refractivity contribution in [2.45, 2.75) is 19.4 Å². The summed E-state index contributed by atoms with van der Waals surface area (Å²) in [4.78, 5) is 11.7. The Hall–Kier alpha value is -2.37. The number of nitrogens with zero attached hydrogens (tertiary/aromatic N) is 3. The fraction of sp³-hybridized carbons (Fsp3) is 0.357. The molecule has 1 aliphatic rings. The number of fused-ring (bicyclic) bond motifs is 1. The van der Waals surface area contributed by atoms with Gasteiger partial charge >= 0.3 is 5.97 Å². The smallest absolute Gasteiger partial charge is 0.362 e. The van der Waals surface area contributed by atoms with E-state index in [9.17, 15) is 4.79 Å². The highest BCUT2D eigenvalue weighted by atomic mass is 16.5. The number of hydrogen-bond donors (Lipinski definition) is 1. The number of aryl methyl sites for hydroxylation is 1. The summed E-state index contributed by atoms with van der Waals surface area (Å²) >= 11 is 0. The van der Waals surface area contributed by atoms with Crippen LogP contribution in [0.5, 0.6) is 0 Å². The van der Waals surface area contributed by atoms with E-state index in [2.05, 4.69) is 40.8 Å². The number of carbonyl (C=O) groups excluding carboxylic acids is 1. The maximum atomic E-state index is 11.7. The number of aromatic nitrogens is 3. The molecule has 0 aliphatic carbocycles. The van der Waals surface area contributed by atoms with E-state index in [4.69, 9.17) is 4.74 Å². The van der Waals surface area contributed by atoms with Gasteiger partial charge < -0.3 is 10.1 Å². The van der Waals surface area contributed by atoms with Gasteiger partial charge in [0.1, 0.15) is 0 Å². The molecule has 1 N–H and O–H groups in total. The molecule has 3 rings (SSSR count). The van der Waals surface area contributed by atoms with Crippen LogP contribution in [0.2, 0.25) is 0 Å². The predicted molar refractivity (Wildman–Crippen MR) is 73.8 cm³/mol. The van der Waals surface area contributed by atoms with Crippen LogP contribution in [0, 0.1) is 6.92 Å². The Morgan fingerprint density at radius 2 is 2.35 bits per heavy atom. The summed E-state index contributed by atoms with van der Waals surface area (Å²) in [7, 11) is 1.34. The van der Waals surface area contributed by atoms with E-state index in [1.807, 2.05) is 6.07 Å². The van der Waals surface area contributed by atoms with Gasteiger partial charge in [-0.2, -0.15) is 0 Å². The van der Waals surface area contributed by atoms with Gasteiger partial charge in [-0.3, -0.25) is 0 Å². The van der Waals surface area contributed by atoms with Crippen molar-refractivity contribution in [2.24, 2.45) is 0 Å². The third-order valence-electron chi connectivity index (χ3n) is 3.51. The maximum Gasteiger partial charge on any atom is 0.362 e. The molecule has 0 fully saturated rings. The number of anilines is 1. The number of hydrogen-bond acceptors (Lipinski definition) is 5. The van der Waals surface area contributed by atoms with Crippen molar-refractivity contribution < 1.29 is 9.53 Å². The molecule has 6 heteroatoms. The molecule has 0 radical (unpaired) electrons. The molecule has 2 heterocycles. The second-order valence-electron chi connectivity index (χ2n) is 4.87. The first-order valence-electron chi connectivity index (χ1n) is 6.54. The summed E-state index contributed by atoms with van der Waals surface area (Å²) in [5.41, 5.74) is 2.62. The molecule has 6 nitrogen and oxygen atoms in total. The van der Waals surface area contributed by atoms with Crippen LogP contribution in [0.1, 0.15) is 34.1 Å². The standard InChI is InChI=1S/C14H16N4O2/c1-9-4-3-5-10(8-9)11-6-7-15-13-12(14(19)20-2)16-17-18(11)13/h3-5,8,11,15H,6-7H2,1-2H3. The molecule has 1 unspecified atom stereocenters. The van der Waals surface area contributed by atoms with E-state index in [1.165, 1.54) is 18.2 Å². The Morgan fingerprint density at radius 3 is 3.10 bits per heavy atom. The third kappa shape index (κ3) is 2.03. The van der Waals surface area contributed by atoms with E-state index in [0.717, 1.165) is 13.0 Å². The summed E-state index contributed by atoms with van der Waals surface area (Å²) in [6.45, 7) is 2.84. The minimum Gasteiger partial charge on any atom is -0.464 e. The molecular weight excluding hydrogens is 256 g/mol. The van der Waals surface area contributed by atoms with Gasteiger partial charge in [0, 0.05) is 6.54 Å². The summed E-state index contributed by atoms with van der Waals surface area (Å²) in [5, 5.41) is 11.2. The van der Waals surface area contributed by atoms with E-state index in [1.54, 1.807) is 4.68 Å². The second-order valence-corrected chi connectivity index (χ2v) is 4.87. The Bertz CT molecular complexity index is 650. The van der Waals surface area contributed by atoms with Gasteiger partial charge in [-0.05, 0) is 18.9 Å². The molecule has 20 heavy (non-hydrogen) atoms. The highest BCUT2D eigenvalue weighted by Gasteiger charge is 2.28. The van der Waals surface area contributed by atoms with E-state index >= 15 is 0 Å². The Labute approximate surface area is 116 Å². The normalized spacial score (nSPS) is 17.2. The maximum absolute atomic E-state index is 11.7. The molecule has 2 aromatic rings. The molecular formula is C14H16N4O2. The molecule has 104 valence electrons. The van der Waals surface area contributed by atoms with Crippen molar-refractivity contribution in [1.29, 1.82) is 0 Å². The van der Waals surface area contributed by atoms with Gasteiger partial charge in [0.15, 0.2) is 5.82 Å². The van der Waals surface area contributed by atoms with Crippen LogP contribution in [0.15, 0.2) is 24.3 Å². The van der Waals surface area contributed by atoms with Crippen LogP contribution in [0.4, 0.5) is 5.82 Å². The lowest BCUT2D eigenvalue weighted by molar-refractivity contribution is 0.0595. The van der Waals surface area contributed by atoms with Crippen LogP contribution < -0.4 is 5.32 Å². The minimum absolute atomic E-state index is 0.0945. The lowest BCUT2D eigenvalue weighted by Crippen LogP contribution is -2.25. The number of carbonyl (C=O) groups is 1. The monoisotopic (exact) mass is 272 g/mol. The molecule has 1 atom stereocenters. The Balaban J connectivity index is 2.03. The van der Waals surface area contributed by atoms with Gasteiger partial charge in [0.05, 0.1) is 13.2 Å². The Morgan fingerprint density at radius 1 is 1.50 bits per heavy atom. The zero-order valence-corrected chi connectivity index (χ0v) is 11.5. The molecule has 1 aromatic heterocycles. The number of ether oxygens (including phenoxy) is 1. The molecule has 0 saturated carbocycles. The first kappa shape index (κ1) is 12.7. The highest BCUT2D eigenvalue weighted by molar-refractivity contribution is 5.92. The van der Waals surface area contributed by atoms with Crippen molar-refractivity contribution in [3.05, 3.63) is 41.1 Å². The fourth-order valence-electron chi connectivity index (χ4n) is 2.55. The summed E-state index contributed by atoms with van der Waals surface area (Å²) in [6.07, 6.45) is 0.903. The second kappa shape index (κ2) is 4.96. The van der Waals surface area contributed by atoms with Crippen molar-refractivity contribution in [3.8, 4) is 0 Å². The van der Waals surface area contributed by atoms with Gasteiger partial charge in [-0.1, -0.05) is 35.0 Å². The van der Waals surface area contributed by atoms with Crippen molar-refractivity contribution >= 4 is 11.8 Å². The molecule has 1 aromatic carbocycles. The third-order valence-corrected chi connectivity index (χ3v) is 3.51. The van der Waals surface area contributed by atoms with Crippen LogP contribution >= 0.6 is 0 Å². The van der Waals surface area contributed by atoms with Gasteiger partial charge in [0.2, 0.25) is 5.69 Å². The lowest BCUT2D eigenvalue weighted by Gasteiger charge is -2.25. The predicted octanol–water partition coefficient (Wildman–Crippen LogP) is 1.78. The van der Waals surface area contributed by atoms with Crippen molar-refractivity contribution in [2.75, 3.05) is 19.0 Å². The van der Waals surface area contributed by atoms with Gasteiger partial charge in [-0.25, -0.2) is 9.48 Å². The number of nitrogens with one attached hydrogen (secondary N) is 1. The summed E-state index contributed by atoms with van der Waals surface area (Å²) < 4.78 is 6.49. The SMILES string of the molecule is COC(=O)c1nnn2c1NCCC2c1cccc(C)c1. The largest absolute Gasteiger partial charge is 0.464 e. The summed E-state index contributed by atoms with van der Waals surface area (Å²) in [6, 6.07) is 8.40. The number of benzene rings is 1. The van der Waals surface area contributed by atoms with Gasteiger partial charge in [0.25, 0.3) is 0 Å². The van der Waals surface area contributed by atoms with E-state index < -0.39 is 5.97 Å². The number of esters is 1. The number of methoxy groups -OCH3 is 1. The molecule has 1 aliphatic heterocycles. The molecule has 0 saturated heterocycles. The molecule has 0 amide bonds. The zero-order valence-electron chi connectivity index (χ0n) is 11.5. The van der Waals surface area contributed by atoms with Crippen LogP contribution in [-0.4, -0.2) is 34.6 Å². The molecule has 0 spiro atoms. The number of rotatable bonds is 2. The minimum atomic E-state index is -0.469. The van der Waals surface area contributed by atoms with Crippen LogP contribution in [0.25, 0.3) is 0 Å². The topological polar surface area (TPSA) is 69.0 Å². The van der Waals surface area contributed by atoms with Gasteiger partial charge in [-0.15, -0.1) is 5.10 Å². The summed E-state index contributed by atoms with van der Waals surface area (Å²) in [5.74, 6) is 0.165. The van der Waals surface area contributed by atoms with E-state index in [-0.39, 0.29) is 11.7 Å². The quantitative estimate of drug-likeness (QED) is 0.844.